The summed E-state index contributed by atoms with van der Waals surface area (Å²) in [6.07, 6.45) is -3.52. The lowest BCUT2D eigenvalue weighted by Gasteiger charge is -2.31. The van der Waals surface area contributed by atoms with Gasteiger partial charge in [0.25, 0.3) is 0 Å². The van der Waals surface area contributed by atoms with Gasteiger partial charge in [-0.2, -0.15) is 13.2 Å². The topological polar surface area (TPSA) is 15.3 Å². The van der Waals surface area contributed by atoms with E-state index in [2.05, 4.69) is 5.32 Å². The molecule has 0 heterocycles. The third kappa shape index (κ3) is 4.13. The van der Waals surface area contributed by atoms with Crippen LogP contribution in [0.4, 0.5) is 18.9 Å². The number of rotatable bonds is 6. The van der Waals surface area contributed by atoms with E-state index in [9.17, 15) is 13.2 Å². The Morgan fingerprint density at radius 3 is 2.35 bits per heavy atom. The molecule has 1 rings (SSSR count). The Hall–Kier alpha value is -1.23. The second kappa shape index (κ2) is 6.97. The number of benzene rings is 1. The molecule has 0 unspecified atom stereocenters. The Morgan fingerprint density at radius 2 is 1.90 bits per heavy atom. The smallest absolute Gasteiger partial charge is 0.369 e. The second-order valence-electron chi connectivity index (χ2n) is 5.17. The Labute approximate surface area is 119 Å². The van der Waals surface area contributed by atoms with Crippen LogP contribution in [0.2, 0.25) is 0 Å². The van der Waals surface area contributed by atoms with E-state index in [1.165, 1.54) is 6.07 Å². The molecule has 0 radical (unpaired) electrons. The lowest BCUT2D eigenvalue weighted by molar-refractivity contribution is -0.137. The summed E-state index contributed by atoms with van der Waals surface area (Å²) in [6, 6.07) is 4.62. The molecule has 1 N–H and O–H groups in total. The average molecular weight is 288 g/mol. The van der Waals surface area contributed by atoms with Crippen molar-refractivity contribution in [2.45, 2.75) is 46.0 Å². The van der Waals surface area contributed by atoms with Crippen molar-refractivity contribution in [1.82, 2.24) is 5.32 Å². The fourth-order valence-electron chi connectivity index (χ4n) is 2.27. The molecule has 0 aliphatic rings. The minimum atomic E-state index is -4.33. The Kier molecular flexibility index (Phi) is 5.87. The number of nitrogens with one attached hydrogen (secondary N) is 1. The molecule has 0 amide bonds. The number of nitrogens with zero attached hydrogens (tertiary/aromatic N) is 1. The van der Waals surface area contributed by atoms with E-state index in [-0.39, 0.29) is 11.7 Å². The SMILES string of the molecule is CCCN(c1ccc(CNC)cc1C(F)(F)F)C(C)C. The second-order valence-corrected chi connectivity index (χ2v) is 5.17. The molecule has 20 heavy (non-hydrogen) atoms. The summed E-state index contributed by atoms with van der Waals surface area (Å²) < 4.78 is 39.9. The molecule has 0 saturated heterocycles. The molecule has 0 atom stereocenters. The molecule has 0 spiro atoms. The van der Waals surface area contributed by atoms with Gasteiger partial charge in [0, 0.05) is 24.8 Å². The maximum Gasteiger partial charge on any atom is 0.418 e. The first-order chi connectivity index (χ1) is 9.31. The number of anilines is 1. The molecule has 114 valence electrons. The molecule has 1 aromatic rings. The summed E-state index contributed by atoms with van der Waals surface area (Å²) in [7, 11) is 1.72. The van der Waals surface area contributed by atoms with E-state index in [1.54, 1.807) is 19.2 Å². The minimum absolute atomic E-state index is 0.0335. The van der Waals surface area contributed by atoms with Gasteiger partial charge in [-0.05, 0) is 45.0 Å². The maximum absolute atomic E-state index is 13.3. The van der Waals surface area contributed by atoms with Crippen molar-refractivity contribution in [2.75, 3.05) is 18.5 Å². The van der Waals surface area contributed by atoms with Crippen molar-refractivity contribution in [3.8, 4) is 0 Å². The van der Waals surface area contributed by atoms with Crippen molar-refractivity contribution < 1.29 is 13.2 Å². The lowest BCUT2D eigenvalue weighted by Crippen LogP contribution is -2.33. The summed E-state index contributed by atoms with van der Waals surface area (Å²) in [5.41, 5.74) is 0.366. The van der Waals surface area contributed by atoms with Crippen molar-refractivity contribution in [3.63, 3.8) is 0 Å². The van der Waals surface area contributed by atoms with Crippen LogP contribution >= 0.6 is 0 Å². The summed E-state index contributed by atoms with van der Waals surface area (Å²) in [5.74, 6) is 0. The van der Waals surface area contributed by atoms with E-state index >= 15 is 0 Å². The van der Waals surface area contributed by atoms with Crippen LogP contribution in [0.15, 0.2) is 18.2 Å². The first-order valence-corrected chi connectivity index (χ1v) is 6.92. The van der Waals surface area contributed by atoms with Gasteiger partial charge in [-0.25, -0.2) is 0 Å². The third-order valence-corrected chi connectivity index (χ3v) is 3.14. The van der Waals surface area contributed by atoms with Crippen LogP contribution < -0.4 is 10.2 Å². The predicted molar refractivity (Wildman–Crippen MR) is 77.0 cm³/mol. The fraction of sp³-hybridized carbons (Fsp3) is 0.600. The van der Waals surface area contributed by atoms with Crippen LogP contribution in [-0.4, -0.2) is 19.6 Å². The normalized spacial score (nSPS) is 12.0. The van der Waals surface area contributed by atoms with Crippen LogP contribution in [-0.2, 0) is 12.7 Å². The monoisotopic (exact) mass is 288 g/mol. The van der Waals surface area contributed by atoms with Gasteiger partial charge in [-0.3, -0.25) is 0 Å². The van der Waals surface area contributed by atoms with Crippen molar-refractivity contribution in [2.24, 2.45) is 0 Å². The van der Waals surface area contributed by atoms with Crippen molar-refractivity contribution >= 4 is 5.69 Å². The Bertz CT molecular complexity index is 428. The summed E-state index contributed by atoms with van der Waals surface area (Å²) in [5, 5.41) is 2.88. The highest BCUT2D eigenvalue weighted by Crippen LogP contribution is 2.38. The van der Waals surface area contributed by atoms with Gasteiger partial charge in [0.15, 0.2) is 0 Å². The fourth-order valence-corrected chi connectivity index (χ4v) is 2.27. The van der Waals surface area contributed by atoms with Gasteiger partial charge < -0.3 is 10.2 Å². The average Bonchev–Trinajstić information content (AvgIpc) is 2.35. The number of alkyl halides is 3. The zero-order valence-electron chi connectivity index (χ0n) is 12.5. The van der Waals surface area contributed by atoms with Gasteiger partial charge in [-0.15, -0.1) is 0 Å². The molecule has 0 bridgehead atoms. The standard InChI is InChI=1S/C15H23F3N2/c1-5-8-20(11(2)3)14-7-6-12(10-19-4)9-13(14)15(16,17)18/h6-7,9,11,19H,5,8,10H2,1-4H3. The molecule has 0 aromatic heterocycles. The van der Waals surface area contributed by atoms with Gasteiger partial charge in [0.2, 0.25) is 0 Å². The molecule has 0 aliphatic carbocycles. The Morgan fingerprint density at radius 1 is 1.25 bits per heavy atom. The first kappa shape index (κ1) is 16.8. The van der Waals surface area contributed by atoms with E-state index in [1.807, 2.05) is 25.7 Å². The van der Waals surface area contributed by atoms with Crippen LogP contribution in [0.25, 0.3) is 0 Å². The maximum atomic E-state index is 13.3. The van der Waals surface area contributed by atoms with E-state index in [0.717, 1.165) is 6.42 Å². The van der Waals surface area contributed by atoms with Gasteiger partial charge in [0.1, 0.15) is 0 Å². The molecular weight excluding hydrogens is 265 g/mol. The van der Waals surface area contributed by atoms with Gasteiger partial charge >= 0.3 is 6.18 Å². The quantitative estimate of drug-likeness (QED) is 0.849. The van der Waals surface area contributed by atoms with Crippen LogP contribution in [0, 0.1) is 0 Å². The highest BCUT2D eigenvalue weighted by molar-refractivity contribution is 5.57. The van der Waals surface area contributed by atoms with Crippen LogP contribution in [0.1, 0.15) is 38.3 Å². The highest BCUT2D eigenvalue weighted by atomic mass is 19.4. The molecule has 0 aliphatic heterocycles. The predicted octanol–water partition coefficient (Wildman–Crippen LogP) is 4.05. The number of hydrogen-bond acceptors (Lipinski definition) is 2. The zero-order chi connectivity index (χ0) is 15.3. The third-order valence-electron chi connectivity index (χ3n) is 3.14. The molecule has 1 aromatic carbocycles. The zero-order valence-corrected chi connectivity index (χ0v) is 12.5. The first-order valence-electron chi connectivity index (χ1n) is 6.92. The van der Waals surface area contributed by atoms with Crippen molar-refractivity contribution in [1.29, 1.82) is 0 Å². The van der Waals surface area contributed by atoms with E-state index in [4.69, 9.17) is 0 Å². The molecule has 2 nitrogen and oxygen atoms in total. The van der Waals surface area contributed by atoms with Gasteiger partial charge in [-0.1, -0.05) is 13.0 Å². The van der Waals surface area contributed by atoms with Crippen LogP contribution in [0.5, 0.6) is 0 Å². The summed E-state index contributed by atoms with van der Waals surface area (Å²) in [4.78, 5) is 1.81. The summed E-state index contributed by atoms with van der Waals surface area (Å²) >= 11 is 0. The van der Waals surface area contributed by atoms with Gasteiger partial charge in [0.05, 0.1) is 5.56 Å². The van der Waals surface area contributed by atoms with E-state index in [0.29, 0.717) is 18.7 Å². The minimum Gasteiger partial charge on any atom is -0.369 e. The number of hydrogen-bond donors (Lipinski definition) is 1. The molecular formula is C15H23F3N2. The molecule has 5 heteroatoms. The largest absolute Gasteiger partial charge is 0.418 e. The lowest BCUT2D eigenvalue weighted by atomic mass is 10.1. The molecule has 0 saturated carbocycles. The summed E-state index contributed by atoms with van der Waals surface area (Å²) in [6.45, 7) is 6.84. The highest BCUT2D eigenvalue weighted by Gasteiger charge is 2.35. The number of halogens is 3. The van der Waals surface area contributed by atoms with Crippen LogP contribution in [0.3, 0.4) is 0 Å². The molecule has 0 fully saturated rings. The Balaban J connectivity index is 3.29. The van der Waals surface area contributed by atoms with E-state index < -0.39 is 11.7 Å². The van der Waals surface area contributed by atoms with Crippen molar-refractivity contribution in [3.05, 3.63) is 29.3 Å².